The predicted molar refractivity (Wildman–Crippen MR) is 247 cm³/mol. The van der Waals surface area contributed by atoms with Crippen molar-refractivity contribution in [1.29, 1.82) is 0 Å². The maximum Gasteiger partial charge on any atom is 0.408 e. The van der Waals surface area contributed by atoms with Crippen molar-refractivity contribution in [3.8, 4) is 22.5 Å². The van der Waals surface area contributed by atoms with Gasteiger partial charge in [0.1, 0.15) is 22.7 Å². The molecule has 0 fully saturated rings. The Morgan fingerprint density at radius 1 is 0.625 bits per heavy atom. The monoisotopic (exact) mass is 855 g/mol. The molecule has 64 heavy (non-hydrogen) atoms. The summed E-state index contributed by atoms with van der Waals surface area (Å²) in [5, 5.41) is 22.1. The van der Waals surface area contributed by atoms with Crippen molar-refractivity contribution in [2.24, 2.45) is 0 Å². The van der Waals surface area contributed by atoms with Gasteiger partial charge in [-0.25, -0.2) is 9.48 Å². The van der Waals surface area contributed by atoms with Crippen molar-refractivity contribution < 1.29 is 23.9 Å². The number of ether oxygens (including phenoxy) is 2. The van der Waals surface area contributed by atoms with Gasteiger partial charge in [0.05, 0.1) is 13.2 Å². The molecule has 0 saturated carbocycles. The summed E-state index contributed by atoms with van der Waals surface area (Å²) in [5.74, 6) is -0.450. The van der Waals surface area contributed by atoms with Crippen molar-refractivity contribution in [2.45, 2.75) is 70.5 Å². The van der Waals surface area contributed by atoms with Crippen LogP contribution in [0.25, 0.3) is 22.5 Å². The number of rotatable bonds is 16. The summed E-state index contributed by atoms with van der Waals surface area (Å²) in [6.45, 7) is 8.59. The third-order valence-corrected chi connectivity index (χ3v) is 10.7. The van der Waals surface area contributed by atoms with Crippen LogP contribution >= 0.6 is 0 Å². The number of benzene rings is 6. The molecule has 0 aliphatic rings. The molecule has 1 heterocycles. The van der Waals surface area contributed by atoms with E-state index >= 15 is 0 Å². The van der Waals surface area contributed by atoms with Gasteiger partial charge in [-0.1, -0.05) is 170 Å². The molecule has 0 aliphatic carbocycles. The quantitative estimate of drug-likeness (QED) is 0.0821. The van der Waals surface area contributed by atoms with Crippen LogP contribution in [0.4, 0.5) is 4.79 Å². The van der Waals surface area contributed by atoms with Gasteiger partial charge in [0, 0.05) is 12.1 Å². The molecule has 0 unspecified atom stereocenters. The van der Waals surface area contributed by atoms with E-state index in [1.807, 2.05) is 138 Å². The van der Waals surface area contributed by atoms with E-state index in [0.717, 1.165) is 44.5 Å². The lowest BCUT2D eigenvalue weighted by atomic mass is 9.77. The molecular weight excluding hydrogens is 803 g/mol. The first-order valence-electron chi connectivity index (χ1n) is 21.2. The van der Waals surface area contributed by atoms with Crippen LogP contribution in [0, 0.1) is 0 Å². The predicted octanol–water partition coefficient (Wildman–Crippen LogP) is 8.47. The molecule has 7 rings (SSSR count). The fourth-order valence-electron chi connectivity index (χ4n) is 7.54. The van der Waals surface area contributed by atoms with Crippen molar-refractivity contribution in [3.05, 3.63) is 198 Å². The first kappa shape index (κ1) is 44.6. The molecule has 0 saturated heterocycles. The van der Waals surface area contributed by atoms with Crippen LogP contribution in [0.2, 0.25) is 0 Å². The van der Waals surface area contributed by atoms with E-state index in [1.54, 1.807) is 34.6 Å². The van der Waals surface area contributed by atoms with Gasteiger partial charge in [0.2, 0.25) is 11.8 Å². The number of aromatic nitrogens is 4. The molecule has 7 aromatic rings. The molecule has 0 aliphatic heterocycles. The van der Waals surface area contributed by atoms with Gasteiger partial charge in [-0.15, -0.1) is 5.10 Å². The lowest BCUT2D eigenvalue weighted by molar-refractivity contribution is -0.133. The molecular formula is C52H53N7O5. The van der Waals surface area contributed by atoms with Crippen LogP contribution < -0.4 is 16.0 Å². The number of nitrogens with zero attached hydrogens (tertiary/aromatic N) is 4. The number of tetrazole rings is 1. The topological polar surface area (TPSA) is 149 Å². The van der Waals surface area contributed by atoms with Gasteiger partial charge in [0.15, 0.2) is 5.82 Å². The zero-order chi connectivity index (χ0) is 45.2. The Morgan fingerprint density at radius 2 is 1.14 bits per heavy atom. The van der Waals surface area contributed by atoms with Crippen LogP contribution in [-0.4, -0.2) is 61.9 Å². The highest BCUT2D eigenvalue weighted by molar-refractivity contribution is 5.93. The van der Waals surface area contributed by atoms with Gasteiger partial charge in [0.25, 0.3) is 0 Å². The first-order valence-corrected chi connectivity index (χ1v) is 21.2. The number of carbonyl (C=O) groups excluding carboxylic acids is 3. The van der Waals surface area contributed by atoms with E-state index in [4.69, 9.17) is 14.7 Å². The second kappa shape index (κ2) is 19.7. The highest BCUT2D eigenvalue weighted by Gasteiger charge is 2.42. The molecule has 1 atom stereocenters. The minimum Gasteiger partial charge on any atom is -0.444 e. The molecule has 3 N–H and O–H groups in total. The van der Waals surface area contributed by atoms with Crippen molar-refractivity contribution in [2.75, 3.05) is 6.61 Å². The summed E-state index contributed by atoms with van der Waals surface area (Å²) < 4.78 is 13.2. The summed E-state index contributed by atoms with van der Waals surface area (Å²) in [6, 6.07) is 55.2. The van der Waals surface area contributed by atoms with E-state index in [-0.39, 0.29) is 19.8 Å². The Morgan fingerprint density at radius 3 is 1.69 bits per heavy atom. The average Bonchev–Trinajstić information content (AvgIpc) is 3.79. The van der Waals surface area contributed by atoms with Gasteiger partial charge in [-0.2, -0.15) is 0 Å². The van der Waals surface area contributed by atoms with Gasteiger partial charge in [-0.05, 0) is 84.0 Å². The second-order valence-corrected chi connectivity index (χ2v) is 17.0. The first-order chi connectivity index (χ1) is 30.8. The Balaban J connectivity index is 1.13. The van der Waals surface area contributed by atoms with Gasteiger partial charge in [-0.3, -0.25) is 9.59 Å². The highest BCUT2D eigenvalue weighted by atomic mass is 16.6. The largest absolute Gasteiger partial charge is 0.444 e. The Hall–Kier alpha value is -7.44. The van der Waals surface area contributed by atoms with Crippen molar-refractivity contribution >= 4 is 17.9 Å². The Bertz CT molecular complexity index is 2530. The maximum atomic E-state index is 13.8. The van der Waals surface area contributed by atoms with E-state index in [9.17, 15) is 14.4 Å². The highest BCUT2D eigenvalue weighted by Crippen LogP contribution is 2.43. The maximum absolute atomic E-state index is 13.8. The lowest BCUT2D eigenvalue weighted by Gasteiger charge is -2.36. The number of nitrogens with one attached hydrogen (secondary N) is 3. The molecule has 3 amide bonds. The van der Waals surface area contributed by atoms with Gasteiger partial charge < -0.3 is 25.4 Å². The van der Waals surface area contributed by atoms with Crippen molar-refractivity contribution in [1.82, 2.24) is 36.2 Å². The lowest BCUT2D eigenvalue weighted by Crippen LogP contribution is -2.60. The molecule has 0 bridgehead atoms. The molecule has 0 radical (unpaired) electrons. The van der Waals surface area contributed by atoms with Crippen LogP contribution in [0.15, 0.2) is 170 Å². The summed E-state index contributed by atoms with van der Waals surface area (Å²) in [7, 11) is 0. The summed E-state index contributed by atoms with van der Waals surface area (Å²) in [4.78, 5) is 39.9. The van der Waals surface area contributed by atoms with Crippen LogP contribution in [0.5, 0.6) is 0 Å². The minimum atomic E-state index is -1.40. The van der Waals surface area contributed by atoms with Crippen LogP contribution in [0.3, 0.4) is 0 Å². The third-order valence-electron chi connectivity index (χ3n) is 10.7. The minimum absolute atomic E-state index is 0.107. The van der Waals surface area contributed by atoms with E-state index in [2.05, 4.69) is 62.7 Å². The summed E-state index contributed by atoms with van der Waals surface area (Å²) in [6.07, 6.45) is -0.752. The molecule has 0 spiro atoms. The molecule has 6 aromatic carbocycles. The molecule has 1 aromatic heterocycles. The fraction of sp³-hybridized carbons (Fsp3) is 0.231. The zero-order valence-corrected chi connectivity index (χ0v) is 36.7. The van der Waals surface area contributed by atoms with E-state index in [1.165, 1.54) is 0 Å². The van der Waals surface area contributed by atoms with E-state index < -0.39 is 40.6 Å². The zero-order valence-electron chi connectivity index (χ0n) is 36.7. The SMILES string of the molecule is CC(C)(C)OC(=O)NC(C)(C)C(=O)N[C@H](COCc1ccccc1)C(=O)NCc1ccc(-c2ccccc2-c2nnnn2C(c2ccccc2)(c2ccccc2)c2ccccc2)cc1. The second-order valence-electron chi connectivity index (χ2n) is 17.0. The molecule has 12 heteroatoms. The Labute approximate surface area is 374 Å². The van der Waals surface area contributed by atoms with Crippen LogP contribution in [-0.2, 0) is 37.8 Å². The standard InChI is InChI=1S/C52H53N7O5/c1-50(2,3)64-49(62)55-51(4,5)48(61)54-45(36-63-35-38-20-10-6-11-21-38)47(60)53-34-37-30-32-39(33-31-37)43-28-18-19-29-44(43)46-56-57-58-59(46)52(40-22-12-7-13-23-40,41-24-14-8-15-25-41)42-26-16-9-17-27-42/h6-33,45H,34-36H2,1-5H3,(H,53,60)(H,54,61)(H,55,62)/t45-/m1/s1. The molecule has 12 nitrogen and oxygen atoms in total. The molecule has 326 valence electrons. The van der Waals surface area contributed by atoms with Crippen LogP contribution in [0.1, 0.15) is 62.4 Å². The smallest absolute Gasteiger partial charge is 0.408 e. The third kappa shape index (κ3) is 10.4. The number of hydrogen-bond acceptors (Lipinski definition) is 8. The number of hydrogen-bond donors (Lipinski definition) is 3. The van der Waals surface area contributed by atoms with E-state index in [0.29, 0.717) is 5.82 Å². The average molecular weight is 856 g/mol. The van der Waals surface area contributed by atoms with Crippen molar-refractivity contribution in [3.63, 3.8) is 0 Å². The summed E-state index contributed by atoms with van der Waals surface area (Å²) >= 11 is 0. The number of alkyl carbamates (subject to hydrolysis) is 1. The summed E-state index contributed by atoms with van der Waals surface area (Å²) in [5.41, 5.74) is 4.32. The number of amides is 3. The Kier molecular flexibility index (Phi) is 13.8. The fourth-order valence-corrected chi connectivity index (χ4v) is 7.54. The number of carbonyl (C=O) groups is 3. The van der Waals surface area contributed by atoms with Gasteiger partial charge >= 0.3 is 6.09 Å². The normalized spacial score (nSPS) is 12.2.